The van der Waals surface area contributed by atoms with Gasteiger partial charge in [0.05, 0.1) is 5.69 Å². The van der Waals surface area contributed by atoms with Gasteiger partial charge in [0.15, 0.2) is 0 Å². The van der Waals surface area contributed by atoms with Crippen molar-refractivity contribution in [2.24, 2.45) is 0 Å². The van der Waals surface area contributed by atoms with Gasteiger partial charge in [0, 0.05) is 12.6 Å². The van der Waals surface area contributed by atoms with Crippen molar-refractivity contribution in [2.45, 2.75) is 25.3 Å². The molecule has 0 N–H and O–H groups in total. The predicted octanol–water partition coefficient (Wildman–Crippen LogP) is 1.77. The number of hydrogen-bond donors (Lipinski definition) is 0. The minimum absolute atomic E-state index is 0.0614. The van der Waals surface area contributed by atoms with Crippen molar-refractivity contribution in [1.82, 2.24) is 9.78 Å². The molecule has 60 valence electrons. The highest BCUT2D eigenvalue weighted by atomic mass is 19.3. The molecule has 2 nitrogen and oxygen atoms in total. The highest BCUT2D eigenvalue weighted by molar-refractivity contribution is 5.04. The van der Waals surface area contributed by atoms with E-state index in [9.17, 15) is 8.78 Å². The highest BCUT2D eigenvalue weighted by Gasteiger charge is 2.58. The van der Waals surface area contributed by atoms with Crippen LogP contribution in [0, 0.1) is 6.92 Å². The Kier molecular flexibility index (Phi) is 1.11. The maximum Gasteiger partial charge on any atom is 0.272 e. The van der Waals surface area contributed by atoms with E-state index in [1.165, 1.54) is 4.68 Å². The molecule has 1 aliphatic carbocycles. The van der Waals surface area contributed by atoms with Crippen LogP contribution in [0.1, 0.15) is 18.2 Å². The lowest BCUT2D eigenvalue weighted by atomic mass is 10.5. The minimum atomic E-state index is -2.52. The van der Waals surface area contributed by atoms with E-state index >= 15 is 0 Å². The second-order valence-electron chi connectivity index (χ2n) is 2.92. The Balaban J connectivity index is 2.20. The molecule has 1 heterocycles. The summed E-state index contributed by atoms with van der Waals surface area (Å²) in [6.45, 7) is 1.79. The Labute approximate surface area is 62.8 Å². The topological polar surface area (TPSA) is 17.8 Å². The van der Waals surface area contributed by atoms with E-state index < -0.39 is 12.0 Å². The number of halogens is 2. The third-order valence-electron chi connectivity index (χ3n) is 1.85. The molecule has 0 radical (unpaired) electrons. The highest BCUT2D eigenvalue weighted by Crippen LogP contribution is 2.51. The largest absolute Gasteiger partial charge is 0.272 e. The van der Waals surface area contributed by atoms with Gasteiger partial charge in [-0.05, 0) is 13.0 Å². The summed E-state index contributed by atoms with van der Waals surface area (Å²) in [5, 5.41) is 3.90. The molecule has 2 rings (SSSR count). The molecule has 1 unspecified atom stereocenters. The van der Waals surface area contributed by atoms with Crippen molar-refractivity contribution in [3.05, 3.63) is 18.0 Å². The number of alkyl halides is 2. The van der Waals surface area contributed by atoms with Crippen molar-refractivity contribution < 1.29 is 8.78 Å². The number of aryl methyl sites for hydroxylation is 1. The molecule has 1 saturated carbocycles. The zero-order valence-electron chi connectivity index (χ0n) is 6.09. The van der Waals surface area contributed by atoms with Crippen molar-refractivity contribution in [1.29, 1.82) is 0 Å². The SMILES string of the molecule is Cc1ccn(C2CC2(F)F)n1. The van der Waals surface area contributed by atoms with Gasteiger partial charge in [-0.2, -0.15) is 5.10 Å². The van der Waals surface area contributed by atoms with Gasteiger partial charge in [-0.1, -0.05) is 0 Å². The van der Waals surface area contributed by atoms with Gasteiger partial charge >= 0.3 is 0 Å². The summed E-state index contributed by atoms with van der Waals surface area (Å²) in [5.74, 6) is -2.52. The van der Waals surface area contributed by atoms with Crippen molar-refractivity contribution in [3.8, 4) is 0 Å². The van der Waals surface area contributed by atoms with Crippen LogP contribution in [0.3, 0.4) is 0 Å². The molecule has 0 aromatic carbocycles. The fourth-order valence-corrected chi connectivity index (χ4v) is 1.09. The first-order valence-corrected chi connectivity index (χ1v) is 3.49. The fourth-order valence-electron chi connectivity index (χ4n) is 1.09. The molecule has 1 atom stereocenters. The number of nitrogens with zero attached hydrogens (tertiary/aromatic N) is 2. The second kappa shape index (κ2) is 1.81. The van der Waals surface area contributed by atoms with Crippen LogP contribution in [0.5, 0.6) is 0 Å². The molecule has 11 heavy (non-hydrogen) atoms. The molecule has 0 aliphatic heterocycles. The van der Waals surface area contributed by atoms with E-state index in [0.29, 0.717) is 0 Å². The molecule has 0 amide bonds. The minimum Gasteiger partial charge on any atom is -0.263 e. The summed E-state index contributed by atoms with van der Waals surface area (Å²) in [6.07, 6.45) is 1.54. The van der Waals surface area contributed by atoms with Crippen LogP contribution in [-0.4, -0.2) is 15.7 Å². The van der Waals surface area contributed by atoms with Gasteiger partial charge in [-0.25, -0.2) is 8.78 Å². The first-order valence-electron chi connectivity index (χ1n) is 3.49. The maximum absolute atomic E-state index is 12.4. The van der Waals surface area contributed by atoms with Crippen molar-refractivity contribution in [3.63, 3.8) is 0 Å². The van der Waals surface area contributed by atoms with Gasteiger partial charge in [-0.3, -0.25) is 4.68 Å². The summed E-state index contributed by atoms with van der Waals surface area (Å²) in [5.41, 5.74) is 0.785. The third kappa shape index (κ3) is 1.02. The monoisotopic (exact) mass is 158 g/mol. The molecule has 4 heteroatoms. The van der Waals surface area contributed by atoms with Crippen LogP contribution in [-0.2, 0) is 0 Å². The Hall–Kier alpha value is -0.930. The van der Waals surface area contributed by atoms with E-state index in [1.54, 1.807) is 19.2 Å². The number of rotatable bonds is 1. The van der Waals surface area contributed by atoms with Crippen molar-refractivity contribution >= 4 is 0 Å². The molecule has 1 aromatic rings. The molecule has 0 spiro atoms. The Bertz CT molecular complexity index is 280. The molecule has 1 aliphatic rings. The Morgan fingerprint density at radius 1 is 1.73 bits per heavy atom. The molecule has 0 saturated heterocycles. The first-order chi connectivity index (χ1) is 5.09. The normalized spacial score (nSPS) is 27.0. The summed E-state index contributed by atoms with van der Waals surface area (Å²) in [7, 11) is 0. The summed E-state index contributed by atoms with van der Waals surface area (Å²) in [4.78, 5) is 0. The van der Waals surface area contributed by atoms with Gasteiger partial charge in [0.25, 0.3) is 5.92 Å². The van der Waals surface area contributed by atoms with Crippen LogP contribution < -0.4 is 0 Å². The fraction of sp³-hybridized carbons (Fsp3) is 0.571. The smallest absolute Gasteiger partial charge is 0.263 e. The number of hydrogen-bond acceptors (Lipinski definition) is 1. The summed E-state index contributed by atoms with van der Waals surface area (Å²) < 4.78 is 26.2. The zero-order chi connectivity index (χ0) is 8.06. The lowest BCUT2D eigenvalue weighted by Gasteiger charge is -1.96. The molecular formula is C7H8F2N2. The number of aromatic nitrogens is 2. The average Bonchev–Trinajstić information content (AvgIpc) is 2.39. The van der Waals surface area contributed by atoms with Gasteiger partial charge in [0.1, 0.15) is 6.04 Å². The maximum atomic E-state index is 12.4. The summed E-state index contributed by atoms with van der Waals surface area (Å²) in [6, 6.07) is 1.05. The third-order valence-corrected chi connectivity index (χ3v) is 1.85. The van der Waals surface area contributed by atoms with Gasteiger partial charge < -0.3 is 0 Å². The van der Waals surface area contributed by atoms with Crippen LogP contribution in [0.2, 0.25) is 0 Å². The molecular weight excluding hydrogens is 150 g/mol. The van der Waals surface area contributed by atoms with E-state index in [1.807, 2.05) is 0 Å². The van der Waals surface area contributed by atoms with Crippen LogP contribution in [0.4, 0.5) is 8.78 Å². The predicted molar refractivity (Wildman–Crippen MR) is 35.6 cm³/mol. The molecule has 0 bridgehead atoms. The lowest BCUT2D eigenvalue weighted by molar-refractivity contribution is 0.0983. The lowest BCUT2D eigenvalue weighted by Crippen LogP contribution is -2.02. The van der Waals surface area contributed by atoms with Crippen molar-refractivity contribution in [2.75, 3.05) is 0 Å². The summed E-state index contributed by atoms with van der Waals surface area (Å²) >= 11 is 0. The quantitative estimate of drug-likeness (QED) is 0.609. The van der Waals surface area contributed by atoms with Gasteiger partial charge in [0.2, 0.25) is 0 Å². The van der Waals surface area contributed by atoms with Crippen LogP contribution in [0.25, 0.3) is 0 Å². The average molecular weight is 158 g/mol. The van der Waals surface area contributed by atoms with Crippen LogP contribution in [0.15, 0.2) is 12.3 Å². The second-order valence-corrected chi connectivity index (χ2v) is 2.92. The van der Waals surface area contributed by atoms with E-state index in [0.717, 1.165) is 5.69 Å². The Morgan fingerprint density at radius 2 is 2.36 bits per heavy atom. The zero-order valence-corrected chi connectivity index (χ0v) is 6.09. The van der Waals surface area contributed by atoms with E-state index in [-0.39, 0.29) is 6.42 Å². The molecule has 1 aromatic heterocycles. The van der Waals surface area contributed by atoms with E-state index in [4.69, 9.17) is 0 Å². The van der Waals surface area contributed by atoms with Crippen LogP contribution >= 0.6 is 0 Å². The molecule has 1 fully saturated rings. The van der Waals surface area contributed by atoms with Gasteiger partial charge in [-0.15, -0.1) is 0 Å². The standard InChI is InChI=1S/C7H8F2N2/c1-5-2-3-11(10-5)6-4-7(6,8)9/h2-3,6H,4H2,1H3. The van der Waals surface area contributed by atoms with E-state index in [2.05, 4.69) is 5.10 Å². The first kappa shape index (κ1) is 6.76. The Morgan fingerprint density at radius 3 is 2.73 bits per heavy atom.